The molecule has 0 amide bonds. The number of aliphatic hydroxyl groups is 1. The smallest absolute Gasteiger partial charge is 0.137 e. The van der Waals surface area contributed by atoms with Gasteiger partial charge in [-0.2, -0.15) is 0 Å². The Bertz CT molecular complexity index is 296. The Morgan fingerprint density at radius 1 is 1.44 bits per heavy atom. The quantitative estimate of drug-likeness (QED) is 0.829. The van der Waals surface area contributed by atoms with Crippen molar-refractivity contribution in [3.05, 3.63) is 24.5 Å². The van der Waals surface area contributed by atoms with Crippen molar-refractivity contribution in [2.75, 3.05) is 13.2 Å². The van der Waals surface area contributed by atoms with Crippen LogP contribution in [-0.4, -0.2) is 23.3 Å². The molecule has 0 aromatic carbocycles. The molecule has 1 aromatic heterocycles. The minimum Gasteiger partial charge on any atom is -0.492 e. The predicted octanol–water partition coefficient (Wildman–Crippen LogP) is 2.26. The van der Waals surface area contributed by atoms with E-state index in [2.05, 4.69) is 4.98 Å². The van der Waals surface area contributed by atoms with Crippen molar-refractivity contribution in [1.82, 2.24) is 4.98 Å². The number of nitrogens with zero attached hydrogens (tertiary/aromatic N) is 1. The molecular formula is C13H19NO2. The van der Waals surface area contributed by atoms with Crippen molar-refractivity contribution in [3.8, 4) is 5.75 Å². The summed E-state index contributed by atoms with van der Waals surface area (Å²) in [6.07, 6.45) is 8.52. The van der Waals surface area contributed by atoms with Crippen LogP contribution in [0, 0.1) is 11.8 Å². The van der Waals surface area contributed by atoms with E-state index in [1.807, 2.05) is 12.1 Å². The summed E-state index contributed by atoms with van der Waals surface area (Å²) in [7, 11) is 0. The summed E-state index contributed by atoms with van der Waals surface area (Å²) in [5, 5.41) is 9.37. The number of pyridine rings is 1. The standard InChI is InChI=1S/C13H19NO2/c15-9-12(11-4-1-2-5-11)10-16-13-6-3-7-14-8-13/h3,6-8,11-12,15H,1-2,4-5,9-10H2. The molecule has 3 nitrogen and oxygen atoms in total. The molecule has 0 radical (unpaired) electrons. The number of ether oxygens (including phenoxy) is 1. The van der Waals surface area contributed by atoms with Crippen LogP contribution in [0.2, 0.25) is 0 Å². The van der Waals surface area contributed by atoms with Gasteiger partial charge < -0.3 is 9.84 Å². The number of aliphatic hydroxyl groups excluding tert-OH is 1. The Balaban J connectivity index is 1.83. The monoisotopic (exact) mass is 221 g/mol. The molecule has 1 aliphatic rings. The van der Waals surface area contributed by atoms with E-state index in [0.29, 0.717) is 12.5 Å². The third-order valence-electron chi connectivity index (χ3n) is 3.40. The van der Waals surface area contributed by atoms with Gasteiger partial charge in [-0.05, 0) is 30.9 Å². The normalized spacial score (nSPS) is 18.6. The third kappa shape index (κ3) is 2.95. The molecule has 16 heavy (non-hydrogen) atoms. The average Bonchev–Trinajstić information content (AvgIpc) is 2.85. The van der Waals surface area contributed by atoms with Gasteiger partial charge in [0.1, 0.15) is 5.75 Å². The van der Waals surface area contributed by atoms with Gasteiger partial charge in [0, 0.05) is 18.7 Å². The van der Waals surface area contributed by atoms with E-state index in [1.165, 1.54) is 25.7 Å². The highest BCUT2D eigenvalue weighted by atomic mass is 16.5. The fraction of sp³-hybridized carbons (Fsp3) is 0.615. The molecule has 1 aliphatic carbocycles. The molecular weight excluding hydrogens is 202 g/mol. The molecule has 1 unspecified atom stereocenters. The zero-order valence-electron chi connectivity index (χ0n) is 9.51. The van der Waals surface area contributed by atoms with Crippen LogP contribution in [0.25, 0.3) is 0 Å². The highest BCUT2D eigenvalue weighted by Crippen LogP contribution is 2.31. The van der Waals surface area contributed by atoms with E-state index in [0.717, 1.165) is 5.75 Å². The van der Waals surface area contributed by atoms with Gasteiger partial charge in [-0.1, -0.05) is 12.8 Å². The first-order chi connectivity index (χ1) is 7.90. The van der Waals surface area contributed by atoms with Gasteiger partial charge in [0.25, 0.3) is 0 Å². The molecule has 0 saturated heterocycles. The minimum absolute atomic E-state index is 0.227. The average molecular weight is 221 g/mol. The summed E-state index contributed by atoms with van der Waals surface area (Å²) in [5.41, 5.74) is 0. The SMILES string of the molecule is OCC(COc1cccnc1)C1CCCC1. The molecule has 0 bridgehead atoms. The summed E-state index contributed by atoms with van der Waals surface area (Å²) in [6, 6.07) is 3.76. The van der Waals surface area contributed by atoms with E-state index >= 15 is 0 Å². The van der Waals surface area contributed by atoms with Crippen LogP contribution in [0.5, 0.6) is 5.75 Å². The Kier molecular flexibility index (Phi) is 4.17. The third-order valence-corrected chi connectivity index (χ3v) is 3.40. The van der Waals surface area contributed by atoms with Crippen LogP contribution in [0.4, 0.5) is 0 Å². The van der Waals surface area contributed by atoms with E-state index in [4.69, 9.17) is 4.74 Å². The summed E-state index contributed by atoms with van der Waals surface area (Å²) in [6.45, 7) is 0.831. The number of hydrogen-bond donors (Lipinski definition) is 1. The van der Waals surface area contributed by atoms with Crippen LogP contribution in [-0.2, 0) is 0 Å². The first-order valence-electron chi connectivity index (χ1n) is 6.04. The summed E-state index contributed by atoms with van der Waals surface area (Å²) in [4.78, 5) is 4.00. The molecule has 1 heterocycles. The van der Waals surface area contributed by atoms with Gasteiger partial charge in [0.15, 0.2) is 0 Å². The zero-order valence-corrected chi connectivity index (χ0v) is 9.51. The number of aromatic nitrogens is 1. The van der Waals surface area contributed by atoms with Gasteiger partial charge in [-0.25, -0.2) is 0 Å². The van der Waals surface area contributed by atoms with Gasteiger partial charge in [0.05, 0.1) is 12.8 Å². The second kappa shape index (κ2) is 5.85. The maximum atomic E-state index is 9.37. The Morgan fingerprint density at radius 2 is 2.25 bits per heavy atom. The van der Waals surface area contributed by atoms with E-state index < -0.39 is 0 Å². The van der Waals surface area contributed by atoms with Crippen molar-refractivity contribution in [2.45, 2.75) is 25.7 Å². The van der Waals surface area contributed by atoms with Gasteiger partial charge >= 0.3 is 0 Å². The van der Waals surface area contributed by atoms with Gasteiger partial charge in [-0.3, -0.25) is 4.98 Å². The molecule has 1 saturated carbocycles. The summed E-state index contributed by atoms with van der Waals surface area (Å²) >= 11 is 0. The van der Waals surface area contributed by atoms with E-state index in [9.17, 15) is 5.11 Å². The largest absolute Gasteiger partial charge is 0.492 e. The first kappa shape index (κ1) is 11.4. The predicted molar refractivity (Wildman–Crippen MR) is 62.3 cm³/mol. The summed E-state index contributed by atoms with van der Waals surface area (Å²) < 4.78 is 5.65. The number of hydrogen-bond acceptors (Lipinski definition) is 3. The van der Waals surface area contributed by atoms with Crippen LogP contribution < -0.4 is 4.74 Å². The van der Waals surface area contributed by atoms with E-state index in [-0.39, 0.29) is 12.5 Å². The van der Waals surface area contributed by atoms with Crippen molar-refractivity contribution >= 4 is 0 Å². The lowest BCUT2D eigenvalue weighted by molar-refractivity contribution is 0.119. The topological polar surface area (TPSA) is 42.4 Å². The van der Waals surface area contributed by atoms with E-state index in [1.54, 1.807) is 12.4 Å². The van der Waals surface area contributed by atoms with Crippen LogP contribution in [0.3, 0.4) is 0 Å². The highest BCUT2D eigenvalue weighted by molar-refractivity contribution is 5.15. The second-order valence-electron chi connectivity index (χ2n) is 4.49. The Morgan fingerprint density at radius 3 is 2.88 bits per heavy atom. The molecule has 1 aromatic rings. The van der Waals surface area contributed by atoms with Crippen molar-refractivity contribution in [1.29, 1.82) is 0 Å². The fourth-order valence-corrected chi connectivity index (χ4v) is 2.40. The fourth-order valence-electron chi connectivity index (χ4n) is 2.40. The number of rotatable bonds is 5. The van der Waals surface area contributed by atoms with Crippen LogP contribution >= 0.6 is 0 Å². The maximum Gasteiger partial charge on any atom is 0.137 e. The van der Waals surface area contributed by atoms with Crippen LogP contribution in [0.1, 0.15) is 25.7 Å². The molecule has 0 spiro atoms. The summed E-state index contributed by atoms with van der Waals surface area (Å²) in [5.74, 6) is 1.71. The van der Waals surface area contributed by atoms with Crippen molar-refractivity contribution in [3.63, 3.8) is 0 Å². The lowest BCUT2D eigenvalue weighted by Crippen LogP contribution is -2.23. The molecule has 3 heteroatoms. The van der Waals surface area contributed by atoms with Gasteiger partial charge in [0.2, 0.25) is 0 Å². The van der Waals surface area contributed by atoms with Crippen LogP contribution in [0.15, 0.2) is 24.5 Å². The Hall–Kier alpha value is -1.09. The highest BCUT2D eigenvalue weighted by Gasteiger charge is 2.24. The van der Waals surface area contributed by atoms with Crippen molar-refractivity contribution in [2.24, 2.45) is 11.8 Å². The molecule has 2 rings (SSSR count). The molecule has 1 atom stereocenters. The second-order valence-corrected chi connectivity index (χ2v) is 4.49. The molecule has 88 valence electrons. The maximum absolute atomic E-state index is 9.37. The first-order valence-corrected chi connectivity index (χ1v) is 6.04. The Labute approximate surface area is 96.5 Å². The minimum atomic E-state index is 0.227. The van der Waals surface area contributed by atoms with Gasteiger partial charge in [-0.15, -0.1) is 0 Å². The molecule has 0 aliphatic heterocycles. The van der Waals surface area contributed by atoms with Crippen molar-refractivity contribution < 1.29 is 9.84 Å². The molecule has 1 N–H and O–H groups in total. The molecule has 1 fully saturated rings. The zero-order chi connectivity index (χ0) is 11.2. The lowest BCUT2D eigenvalue weighted by Gasteiger charge is -2.21. The lowest BCUT2D eigenvalue weighted by atomic mass is 9.92.